The van der Waals surface area contributed by atoms with Gasteiger partial charge in [0.25, 0.3) is 0 Å². The lowest BCUT2D eigenvalue weighted by atomic mass is 10.5. The van der Waals surface area contributed by atoms with Gasteiger partial charge in [-0.1, -0.05) is 25.6 Å². The quantitative estimate of drug-likeness (QED) is 0.267. The molecule has 0 N–H and O–H groups in total. The first-order valence-corrected chi connectivity index (χ1v) is 7.47. The highest BCUT2D eigenvalue weighted by molar-refractivity contribution is 6.58. The first kappa shape index (κ1) is 13.4. The number of carbonyl (C=O) groups excluding carboxylic acids is 1. The Morgan fingerprint density at radius 3 is 2.79 bits per heavy atom. The molecule has 4 heteroatoms. The lowest BCUT2D eigenvalue weighted by Gasteiger charge is -2.11. The minimum Gasteiger partial charge on any atom is -0.463 e. The molecule has 0 spiro atoms. The van der Waals surface area contributed by atoms with Crippen molar-refractivity contribution in [1.29, 1.82) is 0 Å². The summed E-state index contributed by atoms with van der Waals surface area (Å²) in [6.45, 7) is 6.05. The molecule has 1 atom stereocenters. The minimum absolute atomic E-state index is 0.327. The zero-order valence-corrected chi connectivity index (χ0v) is 10.3. The number of hydrogen-bond donors (Lipinski definition) is 0. The van der Waals surface area contributed by atoms with Gasteiger partial charge in [0.1, 0.15) is 0 Å². The van der Waals surface area contributed by atoms with E-state index in [0.717, 1.165) is 12.7 Å². The van der Waals surface area contributed by atoms with Crippen LogP contribution in [0.25, 0.3) is 0 Å². The molecule has 82 valence electrons. The molecule has 0 aliphatic heterocycles. The van der Waals surface area contributed by atoms with Gasteiger partial charge in [-0.25, -0.2) is 4.79 Å². The van der Waals surface area contributed by atoms with Crippen molar-refractivity contribution >= 4 is 14.8 Å². The first-order valence-electron chi connectivity index (χ1n) is 5.02. The van der Waals surface area contributed by atoms with Gasteiger partial charge in [0, 0.05) is 19.4 Å². The highest BCUT2D eigenvalue weighted by atomic mass is 28.3. The van der Waals surface area contributed by atoms with E-state index < -0.39 is 8.80 Å². The number of rotatable bonds is 8. The van der Waals surface area contributed by atoms with Gasteiger partial charge in [-0.3, -0.25) is 0 Å². The summed E-state index contributed by atoms with van der Waals surface area (Å²) in [6, 6.07) is 2.41. The van der Waals surface area contributed by atoms with Crippen molar-refractivity contribution in [1.82, 2.24) is 0 Å². The molecule has 0 aromatic heterocycles. The number of ether oxygens (including phenoxy) is 2. The lowest BCUT2D eigenvalue weighted by molar-refractivity contribution is -0.137. The third-order valence-electron chi connectivity index (χ3n) is 2.15. The molecular formula is C10H20O3Si. The monoisotopic (exact) mass is 216 g/mol. The maximum absolute atomic E-state index is 10.7. The molecular weight excluding hydrogens is 196 g/mol. The van der Waals surface area contributed by atoms with E-state index in [1.165, 1.54) is 18.2 Å². The summed E-state index contributed by atoms with van der Waals surface area (Å²) in [6.07, 6.45) is 3.07. The fraction of sp³-hybridized carbons (Fsp3) is 0.700. The number of methoxy groups -OCH3 is 1. The maximum Gasteiger partial charge on any atom is 0.330 e. The van der Waals surface area contributed by atoms with Crippen molar-refractivity contribution in [2.45, 2.75) is 25.4 Å². The molecule has 1 unspecified atom stereocenters. The molecule has 0 bridgehead atoms. The Hall–Kier alpha value is -0.613. The predicted molar refractivity (Wildman–Crippen MR) is 60.1 cm³/mol. The van der Waals surface area contributed by atoms with Gasteiger partial charge in [0.2, 0.25) is 0 Å². The van der Waals surface area contributed by atoms with E-state index in [1.54, 1.807) is 7.11 Å². The van der Waals surface area contributed by atoms with Crippen molar-refractivity contribution in [2.75, 3.05) is 19.9 Å². The molecule has 0 aliphatic carbocycles. The van der Waals surface area contributed by atoms with Crippen LogP contribution in [0.5, 0.6) is 0 Å². The predicted octanol–water partition coefficient (Wildman–Crippen LogP) is 1.54. The zero-order valence-electron chi connectivity index (χ0n) is 9.12. The van der Waals surface area contributed by atoms with Gasteiger partial charge < -0.3 is 9.47 Å². The van der Waals surface area contributed by atoms with Gasteiger partial charge in [0.15, 0.2) is 0 Å². The second kappa shape index (κ2) is 8.96. The second-order valence-corrected chi connectivity index (χ2v) is 6.70. The second-order valence-electron chi connectivity index (χ2n) is 3.24. The van der Waals surface area contributed by atoms with Crippen LogP contribution in [0.15, 0.2) is 12.7 Å². The smallest absolute Gasteiger partial charge is 0.330 e. The normalized spacial score (nSPS) is 12.1. The first-order chi connectivity index (χ1) is 6.74. The van der Waals surface area contributed by atoms with E-state index in [4.69, 9.17) is 9.47 Å². The molecule has 0 radical (unpaired) electrons. The van der Waals surface area contributed by atoms with Gasteiger partial charge in [-0.2, -0.15) is 0 Å². The van der Waals surface area contributed by atoms with E-state index in [1.807, 2.05) is 0 Å². The third kappa shape index (κ3) is 6.86. The highest BCUT2D eigenvalue weighted by Gasteiger charge is 2.07. The Morgan fingerprint density at radius 2 is 2.29 bits per heavy atom. The molecule has 0 fully saturated rings. The van der Waals surface area contributed by atoms with Crippen molar-refractivity contribution in [3.63, 3.8) is 0 Å². The van der Waals surface area contributed by atoms with Crippen LogP contribution in [0.2, 0.25) is 12.1 Å². The van der Waals surface area contributed by atoms with Crippen LogP contribution in [0.1, 0.15) is 13.3 Å². The Morgan fingerprint density at radius 1 is 1.57 bits per heavy atom. The summed E-state index contributed by atoms with van der Waals surface area (Å²) in [7, 11) is 1.02. The van der Waals surface area contributed by atoms with Crippen LogP contribution in [0.4, 0.5) is 0 Å². The van der Waals surface area contributed by atoms with Gasteiger partial charge in [0.05, 0.1) is 15.4 Å². The Bertz CT molecular complexity index is 171. The molecule has 0 saturated carbocycles. The van der Waals surface area contributed by atoms with Crippen molar-refractivity contribution in [3.8, 4) is 0 Å². The molecule has 0 heterocycles. The van der Waals surface area contributed by atoms with E-state index >= 15 is 0 Å². The maximum atomic E-state index is 10.7. The van der Waals surface area contributed by atoms with Gasteiger partial charge in [-0.15, -0.1) is 0 Å². The molecule has 0 saturated heterocycles. The van der Waals surface area contributed by atoms with Crippen LogP contribution in [0, 0.1) is 0 Å². The average molecular weight is 216 g/mol. The molecule has 0 aliphatic rings. The largest absolute Gasteiger partial charge is 0.463 e. The van der Waals surface area contributed by atoms with Gasteiger partial charge in [-0.05, 0) is 6.42 Å². The Labute approximate surface area is 87.7 Å². The van der Waals surface area contributed by atoms with Crippen LogP contribution >= 0.6 is 0 Å². The number of hydrogen-bond acceptors (Lipinski definition) is 3. The standard InChI is InChI=1S/C10H20O3Si/c1-4-10(11)13-7-6-8-14(5-2)9-12-3/h4,14H,1,5-9H2,2-3H3. The van der Waals surface area contributed by atoms with Crippen LogP contribution in [-0.2, 0) is 14.3 Å². The van der Waals surface area contributed by atoms with E-state index in [0.29, 0.717) is 6.61 Å². The van der Waals surface area contributed by atoms with Crippen LogP contribution < -0.4 is 0 Å². The Balaban J connectivity index is 3.41. The average Bonchev–Trinajstić information content (AvgIpc) is 2.22. The molecule has 0 aromatic carbocycles. The SMILES string of the molecule is C=CC(=O)OCCC[SiH](CC)COC. The van der Waals surface area contributed by atoms with E-state index in [2.05, 4.69) is 13.5 Å². The summed E-state index contributed by atoms with van der Waals surface area (Å²) in [4.78, 5) is 10.7. The fourth-order valence-corrected chi connectivity index (χ4v) is 3.27. The van der Waals surface area contributed by atoms with E-state index in [-0.39, 0.29) is 5.97 Å². The number of carbonyl (C=O) groups is 1. The van der Waals surface area contributed by atoms with Crippen LogP contribution in [0.3, 0.4) is 0 Å². The topological polar surface area (TPSA) is 35.5 Å². The lowest BCUT2D eigenvalue weighted by Crippen LogP contribution is -2.19. The van der Waals surface area contributed by atoms with Crippen molar-refractivity contribution < 1.29 is 14.3 Å². The number of esters is 1. The van der Waals surface area contributed by atoms with Crippen molar-refractivity contribution in [3.05, 3.63) is 12.7 Å². The van der Waals surface area contributed by atoms with Crippen molar-refractivity contribution in [2.24, 2.45) is 0 Å². The summed E-state index contributed by atoms with van der Waals surface area (Å²) >= 11 is 0. The third-order valence-corrected chi connectivity index (χ3v) is 5.33. The highest BCUT2D eigenvalue weighted by Crippen LogP contribution is 2.03. The minimum atomic E-state index is -0.724. The fourth-order valence-electron chi connectivity index (χ4n) is 1.24. The summed E-state index contributed by atoms with van der Waals surface area (Å²) in [5.41, 5.74) is 0. The van der Waals surface area contributed by atoms with E-state index in [9.17, 15) is 4.79 Å². The van der Waals surface area contributed by atoms with Gasteiger partial charge >= 0.3 is 5.97 Å². The molecule has 0 rings (SSSR count). The van der Waals surface area contributed by atoms with Crippen LogP contribution in [-0.4, -0.2) is 34.7 Å². The molecule has 0 amide bonds. The summed E-state index contributed by atoms with van der Waals surface area (Å²) in [5, 5.41) is 0. The molecule has 0 aromatic rings. The summed E-state index contributed by atoms with van der Waals surface area (Å²) < 4.78 is 10.0. The summed E-state index contributed by atoms with van der Waals surface area (Å²) in [5.74, 6) is -0.327. The Kier molecular flexibility index (Phi) is 8.57. The molecule has 3 nitrogen and oxygen atoms in total. The molecule has 14 heavy (non-hydrogen) atoms. The zero-order chi connectivity index (χ0) is 10.8.